The summed E-state index contributed by atoms with van der Waals surface area (Å²) >= 11 is 11.6. The number of carboxylic acids is 1. The summed E-state index contributed by atoms with van der Waals surface area (Å²) in [6.07, 6.45) is -0.958. The molecular formula is C13H16Cl2N2O4. The SMILES string of the molecule is C[C@H](O)C[NH2+][C@@H](CC(=O)Nc1ccc(Cl)c(Cl)c1)C(=O)[O-]. The summed E-state index contributed by atoms with van der Waals surface area (Å²) in [6.45, 7) is 1.69. The topological polar surface area (TPSA) is 106 Å². The third-order valence-corrected chi connectivity index (χ3v) is 3.41. The van der Waals surface area contributed by atoms with Gasteiger partial charge in [0.15, 0.2) is 0 Å². The fourth-order valence-corrected chi connectivity index (χ4v) is 1.91. The standard InChI is InChI=1S/C13H16Cl2N2O4/c1-7(18)6-16-11(13(20)21)5-12(19)17-8-2-3-9(14)10(15)4-8/h2-4,7,11,16,18H,5-6H2,1H3,(H,17,19)(H,20,21)/t7-,11-/m0/s1. The molecule has 1 aromatic rings. The highest BCUT2D eigenvalue weighted by atomic mass is 35.5. The summed E-state index contributed by atoms with van der Waals surface area (Å²) in [6, 6.07) is 3.48. The summed E-state index contributed by atoms with van der Waals surface area (Å²) in [5.41, 5.74) is 0.419. The number of nitrogens with two attached hydrogens (primary N) is 1. The number of aliphatic hydroxyl groups is 1. The number of nitrogens with one attached hydrogen (secondary N) is 1. The lowest BCUT2D eigenvalue weighted by atomic mass is 10.2. The molecule has 2 atom stereocenters. The van der Waals surface area contributed by atoms with Gasteiger partial charge in [-0.25, -0.2) is 0 Å². The Morgan fingerprint density at radius 2 is 2.05 bits per heavy atom. The van der Waals surface area contributed by atoms with Gasteiger partial charge in [0.1, 0.15) is 12.6 Å². The first kappa shape index (κ1) is 17.7. The van der Waals surface area contributed by atoms with Crippen molar-refractivity contribution in [2.24, 2.45) is 0 Å². The molecule has 0 saturated carbocycles. The molecule has 1 amide bonds. The summed E-state index contributed by atoms with van der Waals surface area (Å²) in [4.78, 5) is 22.8. The van der Waals surface area contributed by atoms with E-state index in [0.29, 0.717) is 10.7 Å². The van der Waals surface area contributed by atoms with Crippen LogP contribution in [0.4, 0.5) is 5.69 Å². The van der Waals surface area contributed by atoms with E-state index in [2.05, 4.69) is 5.32 Å². The number of carbonyl (C=O) groups is 2. The molecular weight excluding hydrogens is 319 g/mol. The molecule has 0 aromatic heterocycles. The van der Waals surface area contributed by atoms with Crippen LogP contribution in [0.15, 0.2) is 18.2 Å². The number of hydrogen-bond donors (Lipinski definition) is 3. The van der Waals surface area contributed by atoms with Crippen LogP contribution in [0.5, 0.6) is 0 Å². The van der Waals surface area contributed by atoms with Gasteiger partial charge < -0.3 is 25.6 Å². The second-order valence-corrected chi connectivity index (χ2v) is 5.44. The fraction of sp³-hybridized carbons (Fsp3) is 0.385. The lowest BCUT2D eigenvalue weighted by Crippen LogP contribution is -2.94. The normalized spacial score (nSPS) is 13.5. The van der Waals surface area contributed by atoms with Gasteiger partial charge in [0.25, 0.3) is 0 Å². The summed E-state index contributed by atoms with van der Waals surface area (Å²) < 4.78 is 0. The third-order valence-electron chi connectivity index (χ3n) is 2.67. The number of hydrogen-bond acceptors (Lipinski definition) is 4. The van der Waals surface area contributed by atoms with Crippen LogP contribution in [-0.2, 0) is 9.59 Å². The van der Waals surface area contributed by atoms with Crippen LogP contribution in [0.25, 0.3) is 0 Å². The van der Waals surface area contributed by atoms with Gasteiger partial charge in [-0.2, -0.15) is 0 Å². The predicted molar refractivity (Wildman–Crippen MR) is 77.0 cm³/mol. The Morgan fingerprint density at radius 1 is 1.38 bits per heavy atom. The molecule has 0 heterocycles. The highest BCUT2D eigenvalue weighted by Gasteiger charge is 2.19. The molecule has 0 aliphatic rings. The number of quaternary nitrogens is 1. The molecule has 4 N–H and O–H groups in total. The highest BCUT2D eigenvalue weighted by molar-refractivity contribution is 6.42. The molecule has 0 spiro atoms. The molecule has 116 valence electrons. The molecule has 0 fully saturated rings. The van der Waals surface area contributed by atoms with E-state index >= 15 is 0 Å². The zero-order valence-corrected chi connectivity index (χ0v) is 12.8. The quantitative estimate of drug-likeness (QED) is 0.618. The molecule has 0 bridgehead atoms. The van der Waals surface area contributed by atoms with Gasteiger partial charge in [-0.15, -0.1) is 0 Å². The summed E-state index contributed by atoms with van der Waals surface area (Å²) in [5, 5.41) is 24.6. The van der Waals surface area contributed by atoms with Crippen LogP contribution < -0.4 is 15.7 Å². The molecule has 0 aliphatic heterocycles. The average molecular weight is 335 g/mol. The van der Waals surface area contributed by atoms with Gasteiger partial charge in [-0.05, 0) is 25.1 Å². The zero-order chi connectivity index (χ0) is 16.0. The molecule has 0 saturated heterocycles. The minimum Gasteiger partial charge on any atom is -0.544 e. The highest BCUT2D eigenvalue weighted by Crippen LogP contribution is 2.24. The van der Waals surface area contributed by atoms with Crippen molar-refractivity contribution in [3.63, 3.8) is 0 Å². The van der Waals surface area contributed by atoms with E-state index in [1.165, 1.54) is 24.4 Å². The number of aliphatic carboxylic acids is 1. The maximum atomic E-state index is 11.8. The van der Waals surface area contributed by atoms with Crippen molar-refractivity contribution in [2.45, 2.75) is 25.5 Å². The van der Waals surface area contributed by atoms with E-state index in [1.807, 2.05) is 0 Å². The minimum atomic E-state index is -1.36. The van der Waals surface area contributed by atoms with E-state index in [1.54, 1.807) is 6.07 Å². The molecule has 1 rings (SSSR count). The average Bonchev–Trinajstić information content (AvgIpc) is 2.38. The monoisotopic (exact) mass is 334 g/mol. The Balaban J connectivity index is 2.60. The Labute approximate surface area is 132 Å². The van der Waals surface area contributed by atoms with E-state index in [0.717, 1.165) is 0 Å². The van der Waals surface area contributed by atoms with Crippen molar-refractivity contribution in [3.05, 3.63) is 28.2 Å². The van der Waals surface area contributed by atoms with Gasteiger partial charge in [-0.1, -0.05) is 23.2 Å². The first-order valence-electron chi connectivity index (χ1n) is 6.26. The van der Waals surface area contributed by atoms with Crippen molar-refractivity contribution >= 4 is 40.8 Å². The maximum Gasteiger partial charge on any atom is 0.230 e. The number of carbonyl (C=O) groups excluding carboxylic acids is 2. The van der Waals surface area contributed by atoms with Crippen LogP contribution in [0, 0.1) is 0 Å². The van der Waals surface area contributed by atoms with Gasteiger partial charge >= 0.3 is 0 Å². The van der Waals surface area contributed by atoms with Crippen molar-refractivity contribution in [1.82, 2.24) is 0 Å². The number of halogens is 2. The van der Waals surface area contributed by atoms with E-state index in [4.69, 9.17) is 28.3 Å². The molecule has 0 aliphatic carbocycles. The van der Waals surface area contributed by atoms with E-state index in [9.17, 15) is 14.7 Å². The first-order valence-corrected chi connectivity index (χ1v) is 7.02. The summed E-state index contributed by atoms with van der Waals surface area (Å²) in [5.74, 6) is -1.86. The predicted octanol–water partition coefficient (Wildman–Crippen LogP) is -0.615. The second-order valence-electron chi connectivity index (χ2n) is 4.63. The summed E-state index contributed by atoms with van der Waals surface area (Å²) in [7, 11) is 0. The van der Waals surface area contributed by atoms with E-state index in [-0.39, 0.29) is 18.0 Å². The van der Waals surface area contributed by atoms with Crippen LogP contribution in [0.1, 0.15) is 13.3 Å². The first-order chi connectivity index (χ1) is 9.79. The Kier molecular flexibility index (Phi) is 6.91. The van der Waals surface area contributed by atoms with Gasteiger partial charge in [-0.3, -0.25) is 4.79 Å². The number of amides is 1. The number of rotatable bonds is 7. The van der Waals surface area contributed by atoms with Crippen molar-refractivity contribution in [1.29, 1.82) is 0 Å². The van der Waals surface area contributed by atoms with Crippen LogP contribution >= 0.6 is 23.2 Å². The Bertz CT molecular complexity index is 523. The number of carboxylic acid groups (broad SMARTS) is 1. The zero-order valence-electron chi connectivity index (χ0n) is 11.3. The van der Waals surface area contributed by atoms with Crippen molar-refractivity contribution < 1.29 is 25.1 Å². The van der Waals surface area contributed by atoms with Gasteiger partial charge in [0.2, 0.25) is 5.91 Å². The second kappa shape index (κ2) is 8.19. The van der Waals surface area contributed by atoms with Crippen LogP contribution in [-0.4, -0.2) is 35.7 Å². The molecule has 1 aromatic carbocycles. The molecule has 0 unspecified atom stereocenters. The lowest BCUT2D eigenvalue weighted by molar-refractivity contribution is -0.687. The Morgan fingerprint density at radius 3 is 2.57 bits per heavy atom. The fourth-order valence-electron chi connectivity index (χ4n) is 1.61. The molecule has 6 nitrogen and oxygen atoms in total. The number of anilines is 1. The largest absolute Gasteiger partial charge is 0.544 e. The van der Waals surface area contributed by atoms with Crippen molar-refractivity contribution in [3.8, 4) is 0 Å². The minimum absolute atomic E-state index is 0.165. The number of aliphatic hydroxyl groups excluding tert-OH is 1. The number of benzene rings is 1. The lowest BCUT2D eigenvalue weighted by Gasteiger charge is -2.17. The molecule has 0 radical (unpaired) electrons. The third kappa shape index (κ3) is 6.31. The van der Waals surface area contributed by atoms with Crippen LogP contribution in [0.2, 0.25) is 10.0 Å². The molecule has 21 heavy (non-hydrogen) atoms. The smallest absolute Gasteiger partial charge is 0.230 e. The van der Waals surface area contributed by atoms with Gasteiger partial charge in [0.05, 0.1) is 28.5 Å². The van der Waals surface area contributed by atoms with Crippen LogP contribution in [0.3, 0.4) is 0 Å². The van der Waals surface area contributed by atoms with Gasteiger partial charge in [0, 0.05) is 5.69 Å². The van der Waals surface area contributed by atoms with Crippen molar-refractivity contribution in [2.75, 3.05) is 11.9 Å². The van der Waals surface area contributed by atoms with E-state index < -0.39 is 24.0 Å². The Hall–Kier alpha value is -1.34. The molecule has 8 heteroatoms. The maximum absolute atomic E-state index is 11.8.